The zero-order chi connectivity index (χ0) is 10.7. The third-order valence-electron chi connectivity index (χ3n) is 1.72. The molecule has 2 aromatic heterocycles. The maximum absolute atomic E-state index is 5.73. The first-order valence-electron chi connectivity index (χ1n) is 4.36. The summed E-state index contributed by atoms with van der Waals surface area (Å²) in [6, 6.07) is 1.68. The van der Waals surface area contributed by atoms with Crippen LogP contribution in [-0.4, -0.2) is 15.0 Å². The predicted octanol–water partition coefficient (Wildman–Crippen LogP) is 2.51. The molecule has 0 amide bonds. The van der Waals surface area contributed by atoms with Gasteiger partial charge in [-0.3, -0.25) is 0 Å². The Morgan fingerprint density at radius 1 is 1.47 bits per heavy atom. The van der Waals surface area contributed by atoms with Crippen molar-refractivity contribution < 1.29 is 0 Å². The summed E-state index contributed by atoms with van der Waals surface area (Å²) in [5, 5.41) is 6.61. The minimum absolute atomic E-state index is 0.433. The first kappa shape index (κ1) is 10.3. The quantitative estimate of drug-likeness (QED) is 0.838. The summed E-state index contributed by atoms with van der Waals surface area (Å²) < 4.78 is 0. The molecular weight excluding hydrogens is 232 g/mol. The molecule has 0 aliphatic heterocycles. The lowest BCUT2D eigenvalue weighted by atomic mass is 10.5. The summed E-state index contributed by atoms with van der Waals surface area (Å²) in [5.41, 5.74) is 1.04. The monoisotopic (exact) mass is 240 g/mol. The number of hydrogen-bond acceptors (Lipinski definition) is 5. The maximum atomic E-state index is 5.73. The zero-order valence-electron chi connectivity index (χ0n) is 8.07. The van der Waals surface area contributed by atoms with Crippen molar-refractivity contribution in [2.45, 2.75) is 13.5 Å². The van der Waals surface area contributed by atoms with E-state index in [4.69, 9.17) is 11.6 Å². The number of nitrogens with one attached hydrogen (secondary N) is 1. The number of nitrogens with zero attached hydrogens (tertiary/aromatic N) is 3. The van der Waals surface area contributed by atoms with E-state index in [1.54, 1.807) is 17.4 Å². The topological polar surface area (TPSA) is 50.7 Å². The Morgan fingerprint density at radius 2 is 2.33 bits per heavy atom. The lowest BCUT2D eigenvalue weighted by Gasteiger charge is -2.02. The van der Waals surface area contributed by atoms with Crippen LogP contribution in [0, 0.1) is 6.92 Å². The molecular formula is C9H9ClN4S. The average molecular weight is 241 g/mol. The lowest BCUT2D eigenvalue weighted by molar-refractivity contribution is 1.04. The van der Waals surface area contributed by atoms with Gasteiger partial charge in [0.2, 0.25) is 0 Å². The van der Waals surface area contributed by atoms with Crippen molar-refractivity contribution in [2.75, 3.05) is 5.32 Å². The van der Waals surface area contributed by atoms with Gasteiger partial charge in [-0.15, -0.1) is 11.3 Å². The van der Waals surface area contributed by atoms with Crippen LogP contribution < -0.4 is 5.32 Å². The fourth-order valence-corrected chi connectivity index (χ4v) is 1.94. The molecule has 0 bridgehead atoms. The van der Waals surface area contributed by atoms with Gasteiger partial charge in [-0.2, -0.15) is 0 Å². The van der Waals surface area contributed by atoms with Crippen molar-refractivity contribution in [1.82, 2.24) is 15.0 Å². The van der Waals surface area contributed by atoms with Gasteiger partial charge in [0.25, 0.3) is 0 Å². The summed E-state index contributed by atoms with van der Waals surface area (Å²) >= 11 is 7.35. The normalized spacial score (nSPS) is 10.3. The van der Waals surface area contributed by atoms with Gasteiger partial charge in [0, 0.05) is 17.1 Å². The number of aromatic nitrogens is 3. The predicted molar refractivity (Wildman–Crippen MR) is 61.2 cm³/mol. The Morgan fingerprint density at radius 3 is 3.00 bits per heavy atom. The smallest absolute Gasteiger partial charge is 0.134 e. The third kappa shape index (κ3) is 2.87. The van der Waals surface area contributed by atoms with Crippen LogP contribution in [0.1, 0.15) is 10.7 Å². The second-order valence-corrected chi connectivity index (χ2v) is 4.29. The molecule has 78 valence electrons. The maximum Gasteiger partial charge on any atom is 0.134 e. The molecule has 6 heteroatoms. The van der Waals surface area contributed by atoms with Crippen LogP contribution in [0.25, 0.3) is 0 Å². The van der Waals surface area contributed by atoms with Crippen molar-refractivity contribution in [3.05, 3.63) is 33.6 Å². The second kappa shape index (κ2) is 4.55. The zero-order valence-corrected chi connectivity index (χ0v) is 9.64. The van der Waals surface area contributed by atoms with Gasteiger partial charge >= 0.3 is 0 Å². The van der Waals surface area contributed by atoms with Crippen LogP contribution in [0.3, 0.4) is 0 Å². The van der Waals surface area contributed by atoms with Crippen LogP contribution in [0.2, 0.25) is 5.15 Å². The van der Waals surface area contributed by atoms with E-state index >= 15 is 0 Å². The SMILES string of the molecule is Cc1csc(CNc2cc(Cl)ncn2)n1. The van der Waals surface area contributed by atoms with Gasteiger partial charge in [-0.05, 0) is 6.92 Å². The van der Waals surface area contributed by atoms with E-state index in [-0.39, 0.29) is 0 Å². The van der Waals surface area contributed by atoms with Crippen molar-refractivity contribution in [2.24, 2.45) is 0 Å². The minimum atomic E-state index is 0.433. The molecule has 15 heavy (non-hydrogen) atoms. The molecule has 0 fully saturated rings. The van der Waals surface area contributed by atoms with E-state index in [1.807, 2.05) is 12.3 Å². The Hall–Kier alpha value is -1.20. The highest BCUT2D eigenvalue weighted by Crippen LogP contribution is 2.12. The van der Waals surface area contributed by atoms with Crippen molar-refractivity contribution in [1.29, 1.82) is 0 Å². The minimum Gasteiger partial charge on any atom is -0.363 e. The molecule has 1 N–H and O–H groups in total. The van der Waals surface area contributed by atoms with Gasteiger partial charge < -0.3 is 5.32 Å². The molecule has 0 saturated carbocycles. The van der Waals surface area contributed by atoms with Gasteiger partial charge in [-0.25, -0.2) is 15.0 Å². The van der Waals surface area contributed by atoms with Gasteiger partial charge in [0.1, 0.15) is 22.3 Å². The summed E-state index contributed by atoms with van der Waals surface area (Å²) in [6.45, 7) is 2.63. The van der Waals surface area contributed by atoms with Gasteiger partial charge in [-0.1, -0.05) is 11.6 Å². The molecule has 2 aromatic rings. The van der Waals surface area contributed by atoms with E-state index in [2.05, 4.69) is 20.3 Å². The Bertz CT molecular complexity index is 457. The Kier molecular flexibility index (Phi) is 3.13. The largest absolute Gasteiger partial charge is 0.363 e. The highest BCUT2D eigenvalue weighted by atomic mass is 35.5. The fraction of sp³-hybridized carbons (Fsp3) is 0.222. The summed E-state index contributed by atoms with van der Waals surface area (Å²) in [6.07, 6.45) is 1.43. The first-order chi connectivity index (χ1) is 7.24. The number of rotatable bonds is 3. The van der Waals surface area contributed by atoms with Crippen LogP contribution in [-0.2, 0) is 6.54 Å². The van der Waals surface area contributed by atoms with Crippen molar-refractivity contribution in [3.63, 3.8) is 0 Å². The van der Waals surface area contributed by atoms with E-state index in [9.17, 15) is 0 Å². The van der Waals surface area contributed by atoms with E-state index in [1.165, 1.54) is 6.33 Å². The summed E-state index contributed by atoms with van der Waals surface area (Å²) in [5.74, 6) is 0.711. The highest BCUT2D eigenvalue weighted by molar-refractivity contribution is 7.09. The molecule has 0 atom stereocenters. The number of halogens is 1. The fourth-order valence-electron chi connectivity index (χ4n) is 1.08. The Labute approximate surface area is 96.4 Å². The molecule has 4 nitrogen and oxygen atoms in total. The van der Waals surface area contributed by atoms with E-state index < -0.39 is 0 Å². The van der Waals surface area contributed by atoms with Gasteiger partial charge in [0.15, 0.2) is 0 Å². The molecule has 0 saturated heterocycles. The molecule has 0 aliphatic carbocycles. The molecule has 0 unspecified atom stereocenters. The number of aryl methyl sites for hydroxylation is 1. The van der Waals surface area contributed by atoms with E-state index in [0.717, 1.165) is 10.7 Å². The average Bonchev–Trinajstić information content (AvgIpc) is 2.62. The van der Waals surface area contributed by atoms with Crippen LogP contribution in [0.15, 0.2) is 17.8 Å². The Balaban J connectivity index is 1.99. The third-order valence-corrected chi connectivity index (χ3v) is 2.89. The summed E-state index contributed by atoms with van der Waals surface area (Å²) in [4.78, 5) is 12.2. The molecule has 2 heterocycles. The highest BCUT2D eigenvalue weighted by Gasteiger charge is 1.99. The molecule has 0 aliphatic rings. The number of anilines is 1. The van der Waals surface area contributed by atoms with Gasteiger partial charge in [0.05, 0.1) is 6.54 Å². The number of hydrogen-bond donors (Lipinski definition) is 1. The second-order valence-electron chi connectivity index (χ2n) is 2.96. The lowest BCUT2D eigenvalue weighted by Crippen LogP contribution is -2.01. The van der Waals surface area contributed by atoms with Crippen molar-refractivity contribution in [3.8, 4) is 0 Å². The molecule has 0 aromatic carbocycles. The van der Waals surface area contributed by atoms with Crippen LogP contribution >= 0.6 is 22.9 Å². The molecule has 0 radical (unpaired) electrons. The van der Waals surface area contributed by atoms with Crippen LogP contribution in [0.4, 0.5) is 5.82 Å². The first-order valence-corrected chi connectivity index (χ1v) is 5.62. The van der Waals surface area contributed by atoms with Crippen LogP contribution in [0.5, 0.6) is 0 Å². The molecule has 0 spiro atoms. The summed E-state index contributed by atoms with van der Waals surface area (Å²) in [7, 11) is 0. The standard InChI is InChI=1S/C9H9ClN4S/c1-6-4-15-9(14-6)3-11-8-2-7(10)12-5-13-8/h2,4-5H,3H2,1H3,(H,11,12,13). The van der Waals surface area contributed by atoms with E-state index in [0.29, 0.717) is 17.5 Å². The number of thiazole rings is 1. The van der Waals surface area contributed by atoms with Crippen molar-refractivity contribution >= 4 is 28.8 Å². The molecule has 2 rings (SSSR count).